The fourth-order valence-corrected chi connectivity index (χ4v) is 2.26. The Hall–Kier alpha value is -1.31. The van der Waals surface area contributed by atoms with Crippen LogP contribution in [0.2, 0.25) is 0 Å². The number of amidine groups is 1. The van der Waals surface area contributed by atoms with E-state index in [1.165, 1.54) is 36.2 Å². The Labute approximate surface area is 104 Å². The number of aryl methyl sites for hydroxylation is 1. The molecule has 0 radical (unpaired) electrons. The molecule has 0 aromatic heterocycles. The minimum Gasteiger partial charge on any atom is -0.367 e. The molecule has 2 heteroatoms. The lowest BCUT2D eigenvalue weighted by molar-refractivity contribution is 0.693. The summed E-state index contributed by atoms with van der Waals surface area (Å²) in [7, 11) is 0. The minimum absolute atomic E-state index is 0.353. The standard InChI is InChI=1S/C15H22N2/c1-12-7-6-8-14(11-12)13(2)17-15-9-4-3-5-10-16-15/h6-8,11,13H,3-5,9-10H2,1-2H3,(H,16,17)/t13-/m1/s1. The molecule has 92 valence electrons. The van der Waals surface area contributed by atoms with Crippen LogP contribution in [0.1, 0.15) is 49.8 Å². The van der Waals surface area contributed by atoms with Crippen LogP contribution in [0.5, 0.6) is 0 Å². The lowest BCUT2D eigenvalue weighted by Gasteiger charge is -2.17. The first kappa shape index (κ1) is 12.2. The summed E-state index contributed by atoms with van der Waals surface area (Å²) in [5.41, 5.74) is 2.66. The molecule has 0 fully saturated rings. The highest BCUT2D eigenvalue weighted by atomic mass is 15.0. The molecule has 1 aliphatic rings. The van der Waals surface area contributed by atoms with Crippen molar-refractivity contribution in [1.82, 2.24) is 5.32 Å². The van der Waals surface area contributed by atoms with Gasteiger partial charge in [0.2, 0.25) is 0 Å². The third-order valence-electron chi connectivity index (χ3n) is 3.30. The zero-order valence-electron chi connectivity index (χ0n) is 10.9. The van der Waals surface area contributed by atoms with Gasteiger partial charge in [0.15, 0.2) is 0 Å². The van der Waals surface area contributed by atoms with Crippen LogP contribution in [-0.4, -0.2) is 12.4 Å². The molecule has 0 aliphatic carbocycles. The maximum absolute atomic E-state index is 4.62. The molecule has 1 N–H and O–H groups in total. The van der Waals surface area contributed by atoms with Crippen LogP contribution in [0.3, 0.4) is 0 Å². The summed E-state index contributed by atoms with van der Waals surface area (Å²) in [6.07, 6.45) is 4.93. The number of nitrogens with zero attached hydrogens (tertiary/aromatic N) is 1. The van der Waals surface area contributed by atoms with Gasteiger partial charge in [0, 0.05) is 19.0 Å². The van der Waals surface area contributed by atoms with E-state index in [2.05, 4.69) is 48.4 Å². The number of hydrogen-bond acceptors (Lipinski definition) is 2. The highest BCUT2D eigenvalue weighted by Gasteiger charge is 2.09. The van der Waals surface area contributed by atoms with Crippen molar-refractivity contribution in [3.8, 4) is 0 Å². The third kappa shape index (κ3) is 3.58. The van der Waals surface area contributed by atoms with Gasteiger partial charge in [-0.2, -0.15) is 0 Å². The Morgan fingerprint density at radius 1 is 1.24 bits per heavy atom. The summed E-state index contributed by atoms with van der Waals surface area (Å²) in [5.74, 6) is 1.19. The lowest BCUT2D eigenvalue weighted by atomic mass is 10.1. The second-order valence-electron chi connectivity index (χ2n) is 4.92. The van der Waals surface area contributed by atoms with E-state index in [9.17, 15) is 0 Å². The SMILES string of the molecule is Cc1cccc([C@@H](C)NC2=NCCCCC2)c1. The molecule has 0 saturated carbocycles. The van der Waals surface area contributed by atoms with E-state index in [1.54, 1.807) is 0 Å². The van der Waals surface area contributed by atoms with Gasteiger partial charge in [0.1, 0.15) is 0 Å². The number of nitrogens with one attached hydrogen (secondary N) is 1. The monoisotopic (exact) mass is 230 g/mol. The quantitative estimate of drug-likeness (QED) is 0.824. The fourth-order valence-electron chi connectivity index (χ4n) is 2.26. The smallest absolute Gasteiger partial charge is 0.0967 e. The van der Waals surface area contributed by atoms with Crippen LogP contribution < -0.4 is 5.32 Å². The van der Waals surface area contributed by atoms with Gasteiger partial charge in [-0.15, -0.1) is 0 Å². The van der Waals surface area contributed by atoms with Crippen molar-refractivity contribution >= 4 is 5.84 Å². The third-order valence-corrected chi connectivity index (χ3v) is 3.30. The van der Waals surface area contributed by atoms with E-state index < -0.39 is 0 Å². The van der Waals surface area contributed by atoms with Crippen molar-refractivity contribution in [2.24, 2.45) is 4.99 Å². The molecule has 1 aliphatic heterocycles. The van der Waals surface area contributed by atoms with Crippen LogP contribution in [0.15, 0.2) is 29.3 Å². The molecule has 1 aromatic rings. The molecule has 1 heterocycles. The van der Waals surface area contributed by atoms with Crippen LogP contribution >= 0.6 is 0 Å². The van der Waals surface area contributed by atoms with E-state index in [-0.39, 0.29) is 0 Å². The van der Waals surface area contributed by atoms with Gasteiger partial charge in [-0.25, -0.2) is 0 Å². The van der Waals surface area contributed by atoms with Gasteiger partial charge < -0.3 is 5.32 Å². The summed E-state index contributed by atoms with van der Waals surface area (Å²) in [6.45, 7) is 5.34. The van der Waals surface area contributed by atoms with Crippen molar-refractivity contribution < 1.29 is 0 Å². The summed E-state index contributed by atoms with van der Waals surface area (Å²) in [5, 5.41) is 3.55. The lowest BCUT2D eigenvalue weighted by Crippen LogP contribution is -2.26. The predicted molar refractivity (Wildman–Crippen MR) is 73.5 cm³/mol. The molecule has 0 unspecified atom stereocenters. The Balaban J connectivity index is 2.00. The van der Waals surface area contributed by atoms with Crippen LogP contribution in [0, 0.1) is 6.92 Å². The zero-order chi connectivity index (χ0) is 12.1. The minimum atomic E-state index is 0.353. The molecule has 2 nitrogen and oxygen atoms in total. The zero-order valence-corrected chi connectivity index (χ0v) is 10.9. The van der Waals surface area contributed by atoms with E-state index >= 15 is 0 Å². The Bertz CT molecular complexity index is 396. The summed E-state index contributed by atoms with van der Waals surface area (Å²) in [6, 6.07) is 9.04. The Morgan fingerprint density at radius 3 is 2.94 bits per heavy atom. The molecule has 0 bridgehead atoms. The molecule has 0 saturated heterocycles. The van der Waals surface area contributed by atoms with Crippen molar-refractivity contribution in [3.05, 3.63) is 35.4 Å². The summed E-state index contributed by atoms with van der Waals surface area (Å²) < 4.78 is 0. The number of aliphatic imine (C=N–C) groups is 1. The average molecular weight is 230 g/mol. The van der Waals surface area contributed by atoms with Crippen LogP contribution in [0.25, 0.3) is 0 Å². The molecule has 2 rings (SSSR count). The second-order valence-corrected chi connectivity index (χ2v) is 4.92. The average Bonchev–Trinajstić information content (AvgIpc) is 2.57. The van der Waals surface area contributed by atoms with Crippen molar-refractivity contribution in [1.29, 1.82) is 0 Å². The van der Waals surface area contributed by atoms with Gasteiger partial charge in [0.25, 0.3) is 0 Å². The number of hydrogen-bond donors (Lipinski definition) is 1. The second kappa shape index (κ2) is 5.85. The van der Waals surface area contributed by atoms with Gasteiger partial charge in [-0.05, 0) is 32.3 Å². The first-order chi connectivity index (χ1) is 8.25. The molecular formula is C15H22N2. The van der Waals surface area contributed by atoms with E-state index in [1.807, 2.05) is 0 Å². The first-order valence-corrected chi connectivity index (χ1v) is 6.62. The largest absolute Gasteiger partial charge is 0.367 e. The molecule has 0 amide bonds. The Morgan fingerprint density at radius 2 is 2.12 bits per heavy atom. The van der Waals surface area contributed by atoms with E-state index in [0.717, 1.165) is 13.0 Å². The fraction of sp³-hybridized carbons (Fsp3) is 0.533. The van der Waals surface area contributed by atoms with Gasteiger partial charge in [0.05, 0.1) is 5.84 Å². The normalized spacial score (nSPS) is 18.1. The summed E-state index contributed by atoms with van der Waals surface area (Å²) in [4.78, 5) is 4.62. The maximum Gasteiger partial charge on any atom is 0.0967 e. The highest BCUT2D eigenvalue weighted by molar-refractivity contribution is 5.82. The number of rotatable bonds is 2. The molecule has 1 atom stereocenters. The topological polar surface area (TPSA) is 24.4 Å². The van der Waals surface area contributed by atoms with E-state index in [0.29, 0.717) is 6.04 Å². The van der Waals surface area contributed by atoms with Crippen LogP contribution in [0.4, 0.5) is 0 Å². The van der Waals surface area contributed by atoms with Gasteiger partial charge in [-0.1, -0.05) is 36.2 Å². The van der Waals surface area contributed by atoms with E-state index in [4.69, 9.17) is 0 Å². The molecule has 0 spiro atoms. The van der Waals surface area contributed by atoms with Crippen LogP contribution in [-0.2, 0) is 0 Å². The molecular weight excluding hydrogens is 208 g/mol. The van der Waals surface area contributed by atoms with Gasteiger partial charge >= 0.3 is 0 Å². The Kier molecular flexibility index (Phi) is 4.18. The highest BCUT2D eigenvalue weighted by Crippen LogP contribution is 2.15. The number of benzene rings is 1. The first-order valence-electron chi connectivity index (χ1n) is 6.62. The van der Waals surface area contributed by atoms with Crippen molar-refractivity contribution in [2.45, 2.75) is 45.6 Å². The predicted octanol–water partition coefficient (Wildman–Crippen LogP) is 3.62. The maximum atomic E-state index is 4.62. The summed E-state index contributed by atoms with van der Waals surface area (Å²) >= 11 is 0. The van der Waals surface area contributed by atoms with Crippen molar-refractivity contribution in [3.63, 3.8) is 0 Å². The van der Waals surface area contributed by atoms with Gasteiger partial charge in [-0.3, -0.25) is 4.99 Å². The molecule has 17 heavy (non-hydrogen) atoms. The van der Waals surface area contributed by atoms with Crippen molar-refractivity contribution in [2.75, 3.05) is 6.54 Å². The molecule has 1 aromatic carbocycles.